The number of rotatable bonds is 2. The van der Waals surface area contributed by atoms with Crippen LogP contribution in [0.2, 0.25) is 5.02 Å². The molecule has 86 valence electrons. The topological polar surface area (TPSA) is 17.1 Å². The van der Waals surface area contributed by atoms with E-state index in [-0.39, 0.29) is 11.7 Å². The molecular formula is C14H17ClO. The summed E-state index contributed by atoms with van der Waals surface area (Å²) in [7, 11) is 0. The third-order valence-electron chi connectivity index (χ3n) is 3.43. The van der Waals surface area contributed by atoms with E-state index in [0.717, 1.165) is 18.4 Å². The predicted octanol–water partition coefficient (Wildman–Crippen LogP) is 4.41. The summed E-state index contributed by atoms with van der Waals surface area (Å²) in [5.41, 5.74) is 1.71. The number of hydrogen-bond donors (Lipinski definition) is 0. The van der Waals surface area contributed by atoms with Crippen LogP contribution in [0.3, 0.4) is 0 Å². The first-order chi connectivity index (χ1) is 7.70. The Bertz CT molecular complexity index is 392. The van der Waals surface area contributed by atoms with Crippen LogP contribution in [0.1, 0.15) is 48.0 Å². The van der Waals surface area contributed by atoms with Crippen LogP contribution < -0.4 is 0 Å². The molecule has 1 aliphatic carbocycles. The van der Waals surface area contributed by atoms with Gasteiger partial charge >= 0.3 is 0 Å². The maximum absolute atomic E-state index is 12.3. The van der Waals surface area contributed by atoms with E-state index >= 15 is 0 Å². The minimum Gasteiger partial charge on any atom is -0.294 e. The lowest BCUT2D eigenvalue weighted by molar-refractivity contribution is 0.0889. The van der Waals surface area contributed by atoms with Gasteiger partial charge < -0.3 is 0 Å². The fraction of sp³-hybridized carbons (Fsp3) is 0.500. The molecule has 1 aromatic carbocycles. The number of benzene rings is 1. The Hall–Kier alpha value is -0.820. The molecule has 0 aromatic heterocycles. The van der Waals surface area contributed by atoms with Gasteiger partial charge in [0, 0.05) is 11.5 Å². The Morgan fingerprint density at radius 3 is 2.62 bits per heavy atom. The van der Waals surface area contributed by atoms with E-state index < -0.39 is 0 Å². The molecule has 0 heterocycles. The lowest BCUT2D eigenvalue weighted by Gasteiger charge is -2.21. The molecule has 0 saturated heterocycles. The highest BCUT2D eigenvalue weighted by Gasteiger charge is 2.24. The van der Waals surface area contributed by atoms with E-state index in [1.807, 2.05) is 25.1 Å². The minimum atomic E-state index is 0.202. The smallest absolute Gasteiger partial charge is 0.167 e. The van der Waals surface area contributed by atoms with Gasteiger partial charge in [0.05, 0.1) is 5.02 Å². The molecule has 0 aliphatic heterocycles. The zero-order valence-corrected chi connectivity index (χ0v) is 10.4. The first-order valence-corrected chi connectivity index (χ1v) is 6.37. The molecule has 0 amide bonds. The number of carbonyl (C=O) groups excluding carboxylic acids is 1. The fourth-order valence-corrected chi connectivity index (χ4v) is 2.64. The second-order valence-electron chi connectivity index (χ2n) is 4.64. The third-order valence-corrected chi connectivity index (χ3v) is 3.93. The molecule has 16 heavy (non-hydrogen) atoms. The zero-order valence-electron chi connectivity index (χ0n) is 9.63. The third kappa shape index (κ3) is 2.30. The Labute approximate surface area is 102 Å². The molecule has 1 nitrogen and oxygen atoms in total. The van der Waals surface area contributed by atoms with Gasteiger partial charge in [-0.1, -0.05) is 43.0 Å². The van der Waals surface area contributed by atoms with Gasteiger partial charge in [-0.05, 0) is 31.4 Å². The first-order valence-electron chi connectivity index (χ1n) is 5.99. The quantitative estimate of drug-likeness (QED) is 0.695. The van der Waals surface area contributed by atoms with E-state index in [2.05, 4.69) is 0 Å². The SMILES string of the molecule is Cc1cccc(C(=O)C2CCCCC2)c1Cl. The van der Waals surface area contributed by atoms with Crippen molar-refractivity contribution in [2.45, 2.75) is 39.0 Å². The maximum atomic E-state index is 12.3. The Balaban J connectivity index is 2.22. The van der Waals surface area contributed by atoms with Crippen LogP contribution in [0.15, 0.2) is 18.2 Å². The average molecular weight is 237 g/mol. The van der Waals surface area contributed by atoms with Gasteiger partial charge in [0.1, 0.15) is 0 Å². The Kier molecular flexibility index (Phi) is 3.65. The highest BCUT2D eigenvalue weighted by atomic mass is 35.5. The van der Waals surface area contributed by atoms with Crippen LogP contribution in [0.4, 0.5) is 0 Å². The summed E-state index contributed by atoms with van der Waals surface area (Å²) < 4.78 is 0. The second kappa shape index (κ2) is 5.01. The highest BCUT2D eigenvalue weighted by Crippen LogP contribution is 2.30. The van der Waals surface area contributed by atoms with Gasteiger partial charge in [0.15, 0.2) is 5.78 Å². The van der Waals surface area contributed by atoms with E-state index in [9.17, 15) is 4.79 Å². The van der Waals surface area contributed by atoms with Gasteiger partial charge in [-0.3, -0.25) is 4.79 Å². The van der Waals surface area contributed by atoms with Crippen molar-refractivity contribution < 1.29 is 4.79 Å². The molecule has 0 unspecified atom stereocenters. The molecule has 1 aliphatic rings. The summed E-state index contributed by atoms with van der Waals surface area (Å²) in [5, 5.41) is 0.637. The molecular weight excluding hydrogens is 220 g/mol. The summed E-state index contributed by atoms with van der Waals surface area (Å²) in [4.78, 5) is 12.3. The molecule has 1 fully saturated rings. The van der Waals surface area contributed by atoms with Crippen LogP contribution in [0.5, 0.6) is 0 Å². The number of hydrogen-bond acceptors (Lipinski definition) is 1. The standard InChI is InChI=1S/C14H17ClO/c1-10-6-5-9-12(13(10)15)14(16)11-7-3-2-4-8-11/h5-6,9,11H,2-4,7-8H2,1H3. The van der Waals surface area contributed by atoms with Crippen LogP contribution in [0.25, 0.3) is 0 Å². The van der Waals surface area contributed by atoms with Crippen molar-refractivity contribution in [1.82, 2.24) is 0 Å². The maximum Gasteiger partial charge on any atom is 0.167 e. The largest absolute Gasteiger partial charge is 0.294 e. The van der Waals surface area contributed by atoms with Gasteiger partial charge in [-0.15, -0.1) is 0 Å². The second-order valence-corrected chi connectivity index (χ2v) is 5.01. The number of halogens is 1. The number of aryl methyl sites for hydroxylation is 1. The van der Waals surface area contributed by atoms with Crippen LogP contribution >= 0.6 is 11.6 Å². The van der Waals surface area contributed by atoms with Gasteiger partial charge in [-0.2, -0.15) is 0 Å². The molecule has 1 saturated carbocycles. The van der Waals surface area contributed by atoms with Crippen molar-refractivity contribution in [3.8, 4) is 0 Å². The predicted molar refractivity (Wildman–Crippen MR) is 67.1 cm³/mol. The summed E-state index contributed by atoms with van der Waals surface area (Å²) in [6.07, 6.45) is 5.69. The summed E-state index contributed by atoms with van der Waals surface area (Å²) in [6, 6.07) is 5.71. The van der Waals surface area contributed by atoms with Gasteiger partial charge in [0.2, 0.25) is 0 Å². The highest BCUT2D eigenvalue weighted by molar-refractivity contribution is 6.34. The van der Waals surface area contributed by atoms with Crippen molar-refractivity contribution in [1.29, 1.82) is 0 Å². The molecule has 0 bridgehead atoms. The molecule has 0 N–H and O–H groups in total. The Morgan fingerprint density at radius 2 is 1.94 bits per heavy atom. The van der Waals surface area contributed by atoms with Crippen molar-refractivity contribution >= 4 is 17.4 Å². The number of carbonyl (C=O) groups is 1. The molecule has 2 rings (SSSR count). The molecule has 1 aromatic rings. The molecule has 0 radical (unpaired) electrons. The zero-order chi connectivity index (χ0) is 11.5. The monoisotopic (exact) mass is 236 g/mol. The number of Topliss-reactive ketones (excluding diaryl/α,β-unsaturated/α-hetero) is 1. The summed E-state index contributed by atoms with van der Waals surface area (Å²) in [5.74, 6) is 0.446. The lowest BCUT2D eigenvalue weighted by Crippen LogP contribution is -2.18. The van der Waals surface area contributed by atoms with Gasteiger partial charge in [0.25, 0.3) is 0 Å². The fourth-order valence-electron chi connectivity index (χ4n) is 2.42. The van der Waals surface area contributed by atoms with Crippen LogP contribution in [0, 0.1) is 12.8 Å². The van der Waals surface area contributed by atoms with Crippen molar-refractivity contribution in [3.63, 3.8) is 0 Å². The number of ketones is 1. The van der Waals surface area contributed by atoms with E-state index in [4.69, 9.17) is 11.6 Å². The molecule has 2 heteroatoms. The lowest BCUT2D eigenvalue weighted by atomic mass is 9.83. The molecule has 0 spiro atoms. The normalized spacial score (nSPS) is 17.4. The van der Waals surface area contributed by atoms with E-state index in [0.29, 0.717) is 10.6 Å². The van der Waals surface area contributed by atoms with Gasteiger partial charge in [-0.25, -0.2) is 0 Å². The summed E-state index contributed by atoms with van der Waals surface area (Å²) >= 11 is 6.19. The first kappa shape index (κ1) is 11.7. The van der Waals surface area contributed by atoms with E-state index in [1.165, 1.54) is 19.3 Å². The van der Waals surface area contributed by atoms with E-state index in [1.54, 1.807) is 0 Å². The van der Waals surface area contributed by atoms with Crippen LogP contribution in [-0.4, -0.2) is 5.78 Å². The van der Waals surface area contributed by atoms with Crippen LogP contribution in [-0.2, 0) is 0 Å². The van der Waals surface area contributed by atoms with Crippen molar-refractivity contribution in [2.75, 3.05) is 0 Å². The van der Waals surface area contributed by atoms with Crippen molar-refractivity contribution in [2.24, 2.45) is 5.92 Å². The van der Waals surface area contributed by atoms with Crippen molar-refractivity contribution in [3.05, 3.63) is 34.3 Å². The summed E-state index contributed by atoms with van der Waals surface area (Å²) in [6.45, 7) is 1.94. The average Bonchev–Trinajstić information content (AvgIpc) is 2.33. The minimum absolute atomic E-state index is 0.202. The Morgan fingerprint density at radius 1 is 1.25 bits per heavy atom. The molecule has 0 atom stereocenters.